The lowest BCUT2D eigenvalue weighted by Crippen LogP contribution is -2.15. The van der Waals surface area contributed by atoms with Crippen LogP contribution >= 0.6 is 11.3 Å². The Bertz CT molecular complexity index is 1040. The van der Waals surface area contributed by atoms with E-state index in [0.29, 0.717) is 5.95 Å². The molecule has 0 atom stereocenters. The molecule has 0 radical (unpaired) electrons. The number of ether oxygens (including phenoxy) is 1. The van der Waals surface area contributed by atoms with Crippen molar-refractivity contribution in [3.63, 3.8) is 0 Å². The molecule has 2 aromatic carbocycles. The first-order valence-electron chi connectivity index (χ1n) is 8.05. The summed E-state index contributed by atoms with van der Waals surface area (Å²) >= 11 is 1.49. The Hall–Kier alpha value is -3.19. The minimum Gasteiger partial charge on any atom is -0.497 e. The van der Waals surface area contributed by atoms with Crippen LogP contribution in [0.25, 0.3) is 16.2 Å². The summed E-state index contributed by atoms with van der Waals surface area (Å²) in [6, 6.07) is 17.4. The molecule has 2 aromatic heterocycles. The summed E-state index contributed by atoms with van der Waals surface area (Å²) < 4.78 is 6.87. The van der Waals surface area contributed by atoms with E-state index in [2.05, 4.69) is 15.4 Å². The van der Waals surface area contributed by atoms with Gasteiger partial charge in [-0.05, 0) is 17.7 Å². The van der Waals surface area contributed by atoms with Gasteiger partial charge >= 0.3 is 0 Å². The molecule has 0 bridgehead atoms. The van der Waals surface area contributed by atoms with Crippen molar-refractivity contribution in [3.8, 4) is 17.0 Å². The van der Waals surface area contributed by atoms with Gasteiger partial charge < -0.3 is 4.74 Å². The Morgan fingerprint density at radius 3 is 2.65 bits per heavy atom. The monoisotopic (exact) mass is 364 g/mol. The lowest BCUT2D eigenvalue weighted by atomic mass is 10.1. The van der Waals surface area contributed by atoms with E-state index in [-0.39, 0.29) is 12.3 Å². The number of thiazole rings is 1. The molecule has 130 valence electrons. The summed E-state index contributed by atoms with van der Waals surface area (Å²) in [5, 5.41) is 9.20. The molecule has 2 heterocycles. The second-order valence-electron chi connectivity index (χ2n) is 5.69. The van der Waals surface area contributed by atoms with Gasteiger partial charge in [0.1, 0.15) is 5.75 Å². The van der Waals surface area contributed by atoms with Crippen LogP contribution in [-0.4, -0.2) is 27.6 Å². The number of methoxy groups -OCH3 is 1. The lowest BCUT2D eigenvalue weighted by molar-refractivity contribution is -0.115. The van der Waals surface area contributed by atoms with Gasteiger partial charge in [0.25, 0.3) is 0 Å². The summed E-state index contributed by atoms with van der Waals surface area (Å²) in [6.45, 7) is 0. The van der Waals surface area contributed by atoms with Crippen LogP contribution in [0.2, 0.25) is 0 Å². The van der Waals surface area contributed by atoms with Crippen molar-refractivity contribution < 1.29 is 9.53 Å². The van der Waals surface area contributed by atoms with Crippen LogP contribution in [0.3, 0.4) is 0 Å². The molecular formula is C19H16N4O2S. The van der Waals surface area contributed by atoms with Crippen molar-refractivity contribution in [2.45, 2.75) is 6.42 Å². The number of carbonyl (C=O) groups excluding carboxylic acids is 1. The number of nitrogens with one attached hydrogen (secondary N) is 1. The van der Waals surface area contributed by atoms with Crippen molar-refractivity contribution in [1.82, 2.24) is 14.6 Å². The van der Waals surface area contributed by atoms with E-state index in [9.17, 15) is 4.79 Å². The topological polar surface area (TPSA) is 68.5 Å². The number of benzene rings is 2. The van der Waals surface area contributed by atoms with Gasteiger partial charge in [-0.2, -0.15) is 4.98 Å². The summed E-state index contributed by atoms with van der Waals surface area (Å²) in [4.78, 5) is 17.4. The zero-order valence-corrected chi connectivity index (χ0v) is 14.9. The Balaban J connectivity index is 1.50. The van der Waals surface area contributed by atoms with E-state index < -0.39 is 0 Å². The van der Waals surface area contributed by atoms with Crippen molar-refractivity contribution in [2.75, 3.05) is 12.4 Å². The number of hydrogen-bond acceptors (Lipinski definition) is 5. The van der Waals surface area contributed by atoms with Crippen LogP contribution in [0.4, 0.5) is 5.95 Å². The molecule has 0 saturated heterocycles. The number of anilines is 1. The first kappa shape index (κ1) is 16.3. The van der Waals surface area contributed by atoms with Gasteiger partial charge in [-0.3, -0.25) is 10.1 Å². The fraction of sp³-hybridized carbons (Fsp3) is 0.105. The number of nitrogens with zero attached hydrogens (tertiary/aromatic N) is 3. The molecule has 1 amide bonds. The number of rotatable bonds is 5. The standard InChI is InChI=1S/C19H16N4O2S/c1-25-15-9-7-13(8-10-15)11-17(24)20-18-21-19-23(22-18)16(12-26-19)14-5-3-2-4-6-14/h2-10,12H,11H2,1H3,(H,20,22,24). The summed E-state index contributed by atoms with van der Waals surface area (Å²) in [5.74, 6) is 0.917. The highest BCUT2D eigenvalue weighted by Gasteiger charge is 2.13. The lowest BCUT2D eigenvalue weighted by Gasteiger charge is -2.03. The van der Waals surface area contributed by atoms with E-state index >= 15 is 0 Å². The minimum absolute atomic E-state index is 0.158. The van der Waals surface area contributed by atoms with E-state index in [0.717, 1.165) is 27.5 Å². The van der Waals surface area contributed by atoms with Crippen LogP contribution in [0.15, 0.2) is 60.0 Å². The molecule has 0 unspecified atom stereocenters. The van der Waals surface area contributed by atoms with E-state index in [4.69, 9.17) is 4.74 Å². The number of aromatic nitrogens is 3. The Kier molecular flexibility index (Phi) is 4.37. The van der Waals surface area contributed by atoms with E-state index in [1.54, 1.807) is 11.6 Å². The van der Waals surface area contributed by atoms with Gasteiger partial charge in [-0.1, -0.05) is 42.5 Å². The second-order valence-corrected chi connectivity index (χ2v) is 6.53. The Morgan fingerprint density at radius 2 is 1.92 bits per heavy atom. The van der Waals surface area contributed by atoms with Crippen LogP contribution < -0.4 is 10.1 Å². The van der Waals surface area contributed by atoms with Crippen molar-refractivity contribution in [1.29, 1.82) is 0 Å². The first-order chi connectivity index (χ1) is 12.7. The highest BCUT2D eigenvalue weighted by molar-refractivity contribution is 7.15. The maximum absolute atomic E-state index is 12.3. The fourth-order valence-electron chi connectivity index (χ4n) is 2.64. The third-order valence-corrected chi connectivity index (χ3v) is 4.74. The van der Waals surface area contributed by atoms with Crippen LogP contribution in [0.5, 0.6) is 5.75 Å². The third-order valence-electron chi connectivity index (χ3n) is 3.93. The van der Waals surface area contributed by atoms with Crippen molar-refractivity contribution >= 4 is 28.2 Å². The quantitative estimate of drug-likeness (QED) is 0.587. The van der Waals surface area contributed by atoms with Crippen LogP contribution in [0.1, 0.15) is 5.56 Å². The Morgan fingerprint density at radius 1 is 1.15 bits per heavy atom. The minimum atomic E-state index is -0.158. The van der Waals surface area contributed by atoms with E-state index in [1.807, 2.05) is 60.0 Å². The number of hydrogen-bond donors (Lipinski definition) is 1. The Labute approximate surface area is 154 Å². The number of amides is 1. The largest absolute Gasteiger partial charge is 0.497 e. The smallest absolute Gasteiger partial charge is 0.250 e. The first-order valence-corrected chi connectivity index (χ1v) is 8.93. The molecular weight excluding hydrogens is 348 g/mol. The molecule has 4 rings (SSSR count). The zero-order valence-electron chi connectivity index (χ0n) is 14.0. The molecule has 4 aromatic rings. The maximum atomic E-state index is 12.3. The SMILES string of the molecule is COc1ccc(CC(=O)Nc2nc3scc(-c4ccccc4)n3n2)cc1. The molecule has 0 aliphatic carbocycles. The normalized spacial score (nSPS) is 10.8. The zero-order chi connectivity index (χ0) is 17.9. The van der Waals surface area contributed by atoms with Gasteiger partial charge in [0.05, 0.1) is 19.2 Å². The van der Waals surface area contributed by atoms with Crippen LogP contribution in [0, 0.1) is 0 Å². The van der Waals surface area contributed by atoms with Crippen molar-refractivity contribution in [2.24, 2.45) is 0 Å². The van der Waals surface area contributed by atoms with E-state index in [1.165, 1.54) is 11.3 Å². The average Bonchev–Trinajstić information content (AvgIpc) is 3.23. The fourth-order valence-corrected chi connectivity index (χ4v) is 3.47. The number of carbonyl (C=O) groups is 1. The highest BCUT2D eigenvalue weighted by Crippen LogP contribution is 2.25. The summed E-state index contributed by atoms with van der Waals surface area (Å²) in [7, 11) is 1.61. The highest BCUT2D eigenvalue weighted by atomic mass is 32.1. The van der Waals surface area contributed by atoms with Gasteiger partial charge in [-0.15, -0.1) is 16.4 Å². The molecule has 0 aliphatic heterocycles. The van der Waals surface area contributed by atoms with Gasteiger partial charge in [0, 0.05) is 10.9 Å². The van der Waals surface area contributed by atoms with Crippen LogP contribution in [-0.2, 0) is 11.2 Å². The van der Waals surface area contributed by atoms with Gasteiger partial charge in [-0.25, -0.2) is 4.52 Å². The molecule has 0 saturated carbocycles. The molecule has 26 heavy (non-hydrogen) atoms. The molecule has 1 N–H and O–H groups in total. The molecule has 6 nitrogen and oxygen atoms in total. The van der Waals surface area contributed by atoms with Crippen molar-refractivity contribution in [3.05, 3.63) is 65.5 Å². The summed E-state index contributed by atoms with van der Waals surface area (Å²) in [5.41, 5.74) is 2.91. The molecule has 0 fully saturated rings. The predicted molar refractivity (Wildman–Crippen MR) is 102 cm³/mol. The molecule has 0 spiro atoms. The average molecular weight is 364 g/mol. The molecule has 7 heteroatoms. The third kappa shape index (κ3) is 3.29. The number of fused-ring (bicyclic) bond motifs is 1. The predicted octanol–water partition coefficient (Wildman–Crippen LogP) is 3.65. The second kappa shape index (κ2) is 6.97. The van der Waals surface area contributed by atoms with Gasteiger partial charge in [0.15, 0.2) is 0 Å². The summed E-state index contributed by atoms with van der Waals surface area (Å²) in [6.07, 6.45) is 0.252. The maximum Gasteiger partial charge on any atom is 0.250 e. The molecule has 0 aliphatic rings. The van der Waals surface area contributed by atoms with Gasteiger partial charge in [0.2, 0.25) is 16.8 Å².